The van der Waals surface area contributed by atoms with Crippen LogP contribution in [0, 0.1) is 0 Å². The minimum Gasteiger partial charge on any atom is -0.459 e. The van der Waals surface area contributed by atoms with Gasteiger partial charge in [0.15, 0.2) is 0 Å². The Morgan fingerprint density at radius 1 is 1.29 bits per heavy atom. The fourth-order valence-electron chi connectivity index (χ4n) is 1.28. The Balaban J connectivity index is 2.78. The number of hydrogen-bond acceptors (Lipinski definition) is 4. The van der Waals surface area contributed by atoms with Crippen LogP contribution in [0.2, 0.25) is 0 Å². The number of carbonyl (C=O) groups excluding carboxylic acids is 2. The molecule has 0 aromatic heterocycles. The number of aldehydes is 1. The summed E-state index contributed by atoms with van der Waals surface area (Å²) in [6.45, 7) is 5.35. The second-order valence-electron chi connectivity index (χ2n) is 4.80. The van der Waals surface area contributed by atoms with E-state index in [1.54, 1.807) is 45.0 Å². The summed E-state index contributed by atoms with van der Waals surface area (Å²) in [5.74, 6) is -0.476. The van der Waals surface area contributed by atoms with Crippen molar-refractivity contribution in [3.05, 3.63) is 35.4 Å². The van der Waals surface area contributed by atoms with Gasteiger partial charge in [0, 0.05) is 5.56 Å². The fourth-order valence-corrected chi connectivity index (χ4v) is 1.28. The summed E-state index contributed by atoms with van der Waals surface area (Å²) in [7, 11) is 0. The molecular weight excluding hydrogens is 218 g/mol. The molecule has 0 aliphatic rings. The molecule has 1 aromatic carbocycles. The van der Waals surface area contributed by atoms with E-state index in [0.29, 0.717) is 11.1 Å². The third kappa shape index (κ3) is 4.00. The maximum atomic E-state index is 11.7. The Bertz CT molecular complexity index is 404. The maximum Gasteiger partial charge on any atom is 0.328 e. The zero-order chi connectivity index (χ0) is 13.1. The van der Waals surface area contributed by atoms with Gasteiger partial charge in [0.05, 0.1) is 0 Å². The minimum atomic E-state index is -0.824. The molecule has 17 heavy (non-hydrogen) atoms. The van der Waals surface area contributed by atoms with Crippen LogP contribution in [0.15, 0.2) is 24.3 Å². The van der Waals surface area contributed by atoms with Crippen LogP contribution < -0.4 is 5.73 Å². The lowest BCUT2D eigenvalue weighted by molar-refractivity contribution is -0.156. The Kier molecular flexibility index (Phi) is 4.02. The Morgan fingerprint density at radius 2 is 1.82 bits per heavy atom. The van der Waals surface area contributed by atoms with Crippen LogP contribution in [0.3, 0.4) is 0 Å². The molecule has 92 valence electrons. The van der Waals surface area contributed by atoms with Crippen molar-refractivity contribution in [2.75, 3.05) is 0 Å². The SMILES string of the molecule is CC(C)(C)OC(=O)C(N)c1ccc(C=O)cc1. The van der Waals surface area contributed by atoms with Gasteiger partial charge in [-0.3, -0.25) is 4.79 Å². The highest BCUT2D eigenvalue weighted by Gasteiger charge is 2.23. The normalized spacial score (nSPS) is 12.9. The molecule has 1 aromatic rings. The third-order valence-electron chi connectivity index (χ3n) is 2.09. The van der Waals surface area contributed by atoms with Crippen LogP contribution in [0.4, 0.5) is 0 Å². The highest BCUT2D eigenvalue weighted by atomic mass is 16.6. The van der Waals surface area contributed by atoms with Crippen molar-refractivity contribution < 1.29 is 14.3 Å². The van der Waals surface area contributed by atoms with Crippen LogP contribution in [-0.2, 0) is 9.53 Å². The van der Waals surface area contributed by atoms with Crippen LogP contribution in [0.25, 0.3) is 0 Å². The first-order chi connectivity index (χ1) is 7.83. The quantitative estimate of drug-likeness (QED) is 0.641. The minimum absolute atomic E-state index is 0.476. The van der Waals surface area contributed by atoms with Crippen molar-refractivity contribution in [1.29, 1.82) is 0 Å². The van der Waals surface area contributed by atoms with Crippen molar-refractivity contribution in [2.45, 2.75) is 32.4 Å². The topological polar surface area (TPSA) is 69.4 Å². The number of nitrogens with two attached hydrogens (primary N) is 1. The number of hydrogen-bond donors (Lipinski definition) is 1. The van der Waals surface area contributed by atoms with Crippen LogP contribution >= 0.6 is 0 Å². The molecule has 0 heterocycles. The van der Waals surface area contributed by atoms with E-state index in [0.717, 1.165) is 6.29 Å². The first-order valence-corrected chi connectivity index (χ1v) is 5.37. The van der Waals surface area contributed by atoms with Gasteiger partial charge in [0.1, 0.15) is 17.9 Å². The van der Waals surface area contributed by atoms with E-state index >= 15 is 0 Å². The Hall–Kier alpha value is -1.68. The first-order valence-electron chi connectivity index (χ1n) is 5.37. The molecule has 0 bridgehead atoms. The fraction of sp³-hybridized carbons (Fsp3) is 0.385. The van der Waals surface area contributed by atoms with E-state index < -0.39 is 17.6 Å². The molecular formula is C13H17NO3. The molecule has 0 amide bonds. The lowest BCUT2D eigenvalue weighted by atomic mass is 10.1. The van der Waals surface area contributed by atoms with E-state index in [4.69, 9.17) is 10.5 Å². The smallest absolute Gasteiger partial charge is 0.328 e. The highest BCUT2D eigenvalue weighted by Crippen LogP contribution is 2.16. The summed E-state index contributed by atoms with van der Waals surface area (Å²) in [6, 6.07) is 5.71. The van der Waals surface area contributed by atoms with Gasteiger partial charge in [-0.05, 0) is 26.3 Å². The summed E-state index contributed by atoms with van der Waals surface area (Å²) in [6.07, 6.45) is 0.739. The van der Waals surface area contributed by atoms with Crippen molar-refractivity contribution in [3.8, 4) is 0 Å². The molecule has 2 N–H and O–H groups in total. The van der Waals surface area contributed by atoms with E-state index in [1.165, 1.54) is 0 Å². The van der Waals surface area contributed by atoms with Crippen molar-refractivity contribution in [1.82, 2.24) is 0 Å². The average molecular weight is 235 g/mol. The molecule has 0 aliphatic carbocycles. The number of ether oxygens (including phenoxy) is 1. The largest absolute Gasteiger partial charge is 0.459 e. The lowest BCUT2D eigenvalue weighted by Crippen LogP contribution is -2.31. The van der Waals surface area contributed by atoms with Crippen molar-refractivity contribution >= 4 is 12.3 Å². The Morgan fingerprint density at radius 3 is 2.24 bits per heavy atom. The lowest BCUT2D eigenvalue weighted by Gasteiger charge is -2.22. The van der Waals surface area contributed by atoms with Gasteiger partial charge >= 0.3 is 5.97 Å². The van der Waals surface area contributed by atoms with Crippen LogP contribution in [0.1, 0.15) is 42.7 Å². The standard InChI is InChI=1S/C13H17NO3/c1-13(2,3)17-12(16)11(14)10-6-4-9(8-15)5-7-10/h4-8,11H,14H2,1-3H3. The van der Waals surface area contributed by atoms with E-state index in [1.807, 2.05) is 0 Å². The molecule has 0 aliphatic heterocycles. The molecule has 0 saturated heterocycles. The molecule has 4 nitrogen and oxygen atoms in total. The maximum absolute atomic E-state index is 11.7. The van der Waals surface area contributed by atoms with E-state index in [-0.39, 0.29) is 0 Å². The zero-order valence-corrected chi connectivity index (χ0v) is 10.3. The molecule has 1 rings (SSSR count). The first kappa shape index (κ1) is 13.4. The van der Waals surface area contributed by atoms with Gasteiger partial charge in [-0.2, -0.15) is 0 Å². The molecule has 0 saturated carbocycles. The van der Waals surface area contributed by atoms with Crippen LogP contribution in [-0.4, -0.2) is 17.9 Å². The molecule has 0 spiro atoms. The highest BCUT2D eigenvalue weighted by molar-refractivity contribution is 5.79. The zero-order valence-electron chi connectivity index (χ0n) is 10.3. The van der Waals surface area contributed by atoms with Crippen molar-refractivity contribution in [2.24, 2.45) is 5.73 Å². The molecule has 1 atom stereocenters. The van der Waals surface area contributed by atoms with Gasteiger partial charge in [0.25, 0.3) is 0 Å². The van der Waals surface area contributed by atoms with Gasteiger partial charge in [-0.1, -0.05) is 24.3 Å². The number of esters is 1. The number of benzene rings is 1. The monoisotopic (exact) mass is 235 g/mol. The summed E-state index contributed by atoms with van der Waals surface area (Å²) in [5, 5.41) is 0. The molecule has 1 unspecified atom stereocenters. The van der Waals surface area contributed by atoms with Gasteiger partial charge in [0.2, 0.25) is 0 Å². The summed E-state index contributed by atoms with van der Waals surface area (Å²) < 4.78 is 5.18. The predicted molar refractivity (Wildman–Crippen MR) is 64.6 cm³/mol. The number of rotatable bonds is 3. The van der Waals surface area contributed by atoms with Crippen LogP contribution in [0.5, 0.6) is 0 Å². The van der Waals surface area contributed by atoms with E-state index in [9.17, 15) is 9.59 Å². The Labute approximate surface area is 101 Å². The predicted octanol–water partition coefficient (Wildman–Crippen LogP) is 1.84. The van der Waals surface area contributed by atoms with Crippen molar-refractivity contribution in [3.63, 3.8) is 0 Å². The van der Waals surface area contributed by atoms with Gasteiger partial charge in [-0.15, -0.1) is 0 Å². The molecule has 4 heteroatoms. The summed E-state index contributed by atoms with van der Waals surface area (Å²) in [5.41, 5.74) is 6.39. The van der Waals surface area contributed by atoms with Gasteiger partial charge < -0.3 is 10.5 Å². The average Bonchev–Trinajstić information content (AvgIpc) is 2.26. The third-order valence-corrected chi connectivity index (χ3v) is 2.09. The van der Waals surface area contributed by atoms with Gasteiger partial charge in [-0.25, -0.2) is 4.79 Å². The number of carbonyl (C=O) groups is 2. The molecule has 0 fully saturated rings. The second-order valence-corrected chi connectivity index (χ2v) is 4.80. The van der Waals surface area contributed by atoms with E-state index in [2.05, 4.69) is 0 Å². The summed E-state index contributed by atoms with van der Waals surface area (Å²) in [4.78, 5) is 22.2. The second kappa shape index (κ2) is 5.10. The summed E-state index contributed by atoms with van der Waals surface area (Å²) >= 11 is 0. The molecule has 0 radical (unpaired) electrons.